The van der Waals surface area contributed by atoms with Crippen molar-refractivity contribution in [1.82, 2.24) is 5.32 Å². The third kappa shape index (κ3) is 5.66. The molecule has 11 heavy (non-hydrogen) atoms. The van der Waals surface area contributed by atoms with Gasteiger partial charge in [-0.15, -0.1) is 12.4 Å². The molecule has 0 spiro atoms. The molecule has 0 aromatic heterocycles. The number of rotatable bonds is 3. The highest BCUT2D eigenvalue weighted by Gasteiger charge is 2.14. The second kappa shape index (κ2) is 5.97. The predicted octanol–water partition coefficient (Wildman–Crippen LogP) is 0.407. The summed E-state index contributed by atoms with van der Waals surface area (Å²) >= 11 is 0. The van der Waals surface area contributed by atoms with E-state index < -0.39 is 12.0 Å². The van der Waals surface area contributed by atoms with Crippen LogP contribution in [0.25, 0.3) is 0 Å². The highest BCUT2D eigenvalue weighted by Crippen LogP contribution is 1.89. The fourth-order valence-corrected chi connectivity index (χ4v) is 0.584. The Kier molecular flexibility index (Phi) is 6.99. The van der Waals surface area contributed by atoms with Crippen molar-refractivity contribution < 1.29 is 14.7 Å². The van der Waals surface area contributed by atoms with Crippen LogP contribution >= 0.6 is 12.4 Å². The molecule has 0 aliphatic carbocycles. The molecule has 0 aromatic rings. The van der Waals surface area contributed by atoms with Crippen LogP contribution in [0.15, 0.2) is 0 Å². The van der Waals surface area contributed by atoms with Crippen molar-refractivity contribution >= 4 is 24.3 Å². The molecule has 0 aromatic carbocycles. The fraction of sp³-hybridized carbons (Fsp3) is 0.667. The van der Waals surface area contributed by atoms with Crippen molar-refractivity contribution in [3.63, 3.8) is 0 Å². The molecule has 0 saturated heterocycles. The SMILES string of the molecule is CCC(NC(C)=O)C(=O)O.Cl. The molecule has 0 saturated carbocycles. The van der Waals surface area contributed by atoms with Gasteiger partial charge in [0, 0.05) is 6.92 Å². The van der Waals surface area contributed by atoms with Crippen LogP contribution in [0.2, 0.25) is 0 Å². The minimum atomic E-state index is -0.988. The number of carboxylic acid groups (broad SMARTS) is 1. The van der Waals surface area contributed by atoms with Crippen molar-refractivity contribution in [2.24, 2.45) is 0 Å². The largest absolute Gasteiger partial charge is 0.480 e. The Bertz CT molecular complexity index is 149. The number of nitrogens with one attached hydrogen (secondary N) is 1. The van der Waals surface area contributed by atoms with Gasteiger partial charge >= 0.3 is 5.97 Å². The van der Waals surface area contributed by atoms with Crippen LogP contribution in [0.5, 0.6) is 0 Å². The maximum absolute atomic E-state index is 10.3. The van der Waals surface area contributed by atoms with Crippen LogP contribution in [0.4, 0.5) is 0 Å². The Labute approximate surface area is 71.4 Å². The molecule has 5 heteroatoms. The maximum Gasteiger partial charge on any atom is 0.326 e. The summed E-state index contributed by atoms with van der Waals surface area (Å²) in [6, 6.07) is -0.738. The monoisotopic (exact) mass is 181 g/mol. The van der Waals surface area contributed by atoms with Gasteiger partial charge in [0.25, 0.3) is 0 Å². The molecule has 0 fully saturated rings. The second-order valence-corrected chi connectivity index (χ2v) is 2.00. The van der Waals surface area contributed by atoms with E-state index in [0.29, 0.717) is 6.42 Å². The molecule has 0 aliphatic heterocycles. The third-order valence-corrected chi connectivity index (χ3v) is 1.08. The Morgan fingerprint density at radius 1 is 1.55 bits per heavy atom. The first-order valence-corrected chi connectivity index (χ1v) is 3.07. The smallest absolute Gasteiger partial charge is 0.326 e. The van der Waals surface area contributed by atoms with Gasteiger partial charge in [0.05, 0.1) is 0 Å². The Morgan fingerprint density at radius 2 is 2.00 bits per heavy atom. The van der Waals surface area contributed by atoms with Crippen LogP contribution < -0.4 is 5.32 Å². The Hall–Kier alpha value is -0.770. The van der Waals surface area contributed by atoms with Crippen LogP contribution in [-0.2, 0) is 9.59 Å². The summed E-state index contributed by atoms with van der Waals surface area (Å²) in [5.74, 6) is -1.30. The topological polar surface area (TPSA) is 66.4 Å². The Balaban J connectivity index is 0. The van der Waals surface area contributed by atoms with Gasteiger partial charge in [-0.2, -0.15) is 0 Å². The molecule has 0 rings (SSSR count). The van der Waals surface area contributed by atoms with E-state index in [4.69, 9.17) is 5.11 Å². The van der Waals surface area contributed by atoms with Gasteiger partial charge < -0.3 is 10.4 Å². The first-order chi connectivity index (χ1) is 4.57. The van der Waals surface area contributed by atoms with E-state index >= 15 is 0 Å². The van der Waals surface area contributed by atoms with Gasteiger partial charge in [-0.25, -0.2) is 4.79 Å². The minimum absolute atomic E-state index is 0. The lowest BCUT2D eigenvalue weighted by molar-refractivity contribution is -0.141. The highest BCUT2D eigenvalue weighted by atomic mass is 35.5. The molecule has 0 radical (unpaired) electrons. The van der Waals surface area contributed by atoms with Gasteiger partial charge in [-0.05, 0) is 6.42 Å². The van der Waals surface area contributed by atoms with E-state index in [9.17, 15) is 9.59 Å². The van der Waals surface area contributed by atoms with Crippen molar-refractivity contribution in [2.45, 2.75) is 26.3 Å². The van der Waals surface area contributed by atoms with E-state index in [0.717, 1.165) is 0 Å². The molecule has 1 unspecified atom stereocenters. The molecule has 1 atom stereocenters. The van der Waals surface area contributed by atoms with E-state index in [1.54, 1.807) is 6.92 Å². The minimum Gasteiger partial charge on any atom is -0.480 e. The summed E-state index contributed by atoms with van der Waals surface area (Å²) in [4.78, 5) is 20.6. The average molecular weight is 182 g/mol. The first-order valence-electron chi connectivity index (χ1n) is 3.07. The molecular weight excluding hydrogens is 170 g/mol. The summed E-state index contributed by atoms with van der Waals surface area (Å²) in [5.41, 5.74) is 0. The number of amides is 1. The molecule has 1 amide bonds. The number of halogens is 1. The van der Waals surface area contributed by atoms with Crippen molar-refractivity contribution in [3.05, 3.63) is 0 Å². The Morgan fingerprint density at radius 3 is 2.09 bits per heavy atom. The molecule has 2 N–H and O–H groups in total. The summed E-state index contributed by atoms with van der Waals surface area (Å²) in [6.45, 7) is 3.00. The predicted molar refractivity (Wildman–Crippen MR) is 42.8 cm³/mol. The normalized spacial score (nSPS) is 11.1. The van der Waals surface area contributed by atoms with E-state index in [1.165, 1.54) is 6.92 Å². The van der Waals surface area contributed by atoms with Gasteiger partial charge in [0.1, 0.15) is 6.04 Å². The number of carboxylic acids is 1. The fourth-order valence-electron chi connectivity index (χ4n) is 0.584. The summed E-state index contributed by atoms with van der Waals surface area (Å²) < 4.78 is 0. The summed E-state index contributed by atoms with van der Waals surface area (Å²) in [6.07, 6.45) is 0.412. The average Bonchev–Trinajstić information content (AvgIpc) is 1.81. The molecule has 66 valence electrons. The highest BCUT2D eigenvalue weighted by molar-refractivity contribution is 5.85. The van der Waals surface area contributed by atoms with Crippen LogP contribution in [-0.4, -0.2) is 23.0 Å². The third-order valence-electron chi connectivity index (χ3n) is 1.08. The standard InChI is InChI=1S/C6H11NO3.ClH/c1-3-5(6(9)10)7-4(2)8;/h5H,3H2,1-2H3,(H,7,8)(H,9,10);1H. The van der Waals surface area contributed by atoms with Gasteiger partial charge in [-0.3, -0.25) is 4.79 Å². The van der Waals surface area contributed by atoms with Crippen LogP contribution in [0, 0.1) is 0 Å². The number of carbonyl (C=O) groups excluding carboxylic acids is 1. The van der Waals surface area contributed by atoms with Crippen molar-refractivity contribution in [2.75, 3.05) is 0 Å². The second-order valence-electron chi connectivity index (χ2n) is 2.00. The molecule has 0 bridgehead atoms. The van der Waals surface area contributed by atoms with Crippen molar-refractivity contribution in [3.8, 4) is 0 Å². The number of carbonyl (C=O) groups is 2. The molecular formula is C6H12ClNO3. The molecule has 0 aliphatic rings. The van der Waals surface area contributed by atoms with E-state index in [-0.39, 0.29) is 18.3 Å². The zero-order valence-electron chi connectivity index (χ0n) is 6.46. The van der Waals surface area contributed by atoms with Gasteiger partial charge in [-0.1, -0.05) is 6.92 Å². The summed E-state index contributed by atoms with van der Waals surface area (Å²) in [7, 11) is 0. The van der Waals surface area contributed by atoms with Gasteiger partial charge in [0.15, 0.2) is 0 Å². The number of hydrogen-bond acceptors (Lipinski definition) is 2. The maximum atomic E-state index is 10.3. The zero-order chi connectivity index (χ0) is 8.15. The first kappa shape index (κ1) is 12.9. The lowest BCUT2D eigenvalue weighted by atomic mass is 10.2. The number of aliphatic carboxylic acids is 1. The number of hydrogen-bond donors (Lipinski definition) is 2. The van der Waals surface area contributed by atoms with Crippen LogP contribution in [0.3, 0.4) is 0 Å². The lowest BCUT2D eigenvalue weighted by Crippen LogP contribution is -2.38. The van der Waals surface area contributed by atoms with E-state index in [1.807, 2.05) is 0 Å². The zero-order valence-corrected chi connectivity index (χ0v) is 7.27. The molecule has 0 heterocycles. The lowest BCUT2D eigenvalue weighted by Gasteiger charge is -2.08. The van der Waals surface area contributed by atoms with Gasteiger partial charge in [0.2, 0.25) is 5.91 Å². The van der Waals surface area contributed by atoms with E-state index in [2.05, 4.69) is 5.32 Å². The molecule has 4 nitrogen and oxygen atoms in total. The quantitative estimate of drug-likeness (QED) is 0.663. The van der Waals surface area contributed by atoms with Crippen molar-refractivity contribution in [1.29, 1.82) is 0 Å². The van der Waals surface area contributed by atoms with Crippen LogP contribution in [0.1, 0.15) is 20.3 Å². The summed E-state index contributed by atoms with van der Waals surface area (Å²) in [5, 5.41) is 10.7.